The molecule has 30 heavy (non-hydrogen) atoms. The van der Waals surface area contributed by atoms with Gasteiger partial charge in [0.15, 0.2) is 0 Å². The lowest BCUT2D eigenvalue weighted by atomic mass is 10.1. The van der Waals surface area contributed by atoms with E-state index in [4.69, 9.17) is 0 Å². The van der Waals surface area contributed by atoms with Gasteiger partial charge < -0.3 is 10.3 Å². The van der Waals surface area contributed by atoms with Crippen molar-refractivity contribution in [2.45, 2.75) is 26.1 Å². The monoisotopic (exact) mass is 413 g/mol. The van der Waals surface area contributed by atoms with E-state index in [0.29, 0.717) is 22.5 Å². The fraction of sp³-hybridized carbons (Fsp3) is 0.190. The molecule has 0 aliphatic carbocycles. The Kier molecular flexibility index (Phi) is 4.81. The van der Waals surface area contributed by atoms with Gasteiger partial charge in [-0.2, -0.15) is 18.3 Å². The summed E-state index contributed by atoms with van der Waals surface area (Å²) in [6, 6.07) is 9.72. The standard InChI is InChI=1S/C21H18F3N5O/c1-12(28-20(30)14-6-7-18-19(8-14)26-11-25-18)17-10-27-29(13(17)2)16-5-3-4-15(9-16)21(22,23)24/h3-12H,1-2H3,(H,25,26)(H,28,30)/t12-/m0/s1. The van der Waals surface area contributed by atoms with Crippen molar-refractivity contribution in [3.8, 4) is 5.69 Å². The van der Waals surface area contributed by atoms with Crippen molar-refractivity contribution in [1.82, 2.24) is 25.1 Å². The van der Waals surface area contributed by atoms with Crippen LogP contribution in [0.4, 0.5) is 13.2 Å². The Morgan fingerprint density at radius 1 is 1.20 bits per heavy atom. The van der Waals surface area contributed by atoms with Crippen molar-refractivity contribution >= 4 is 16.9 Å². The predicted molar refractivity (Wildman–Crippen MR) is 105 cm³/mol. The summed E-state index contributed by atoms with van der Waals surface area (Å²) in [6.45, 7) is 3.55. The van der Waals surface area contributed by atoms with Gasteiger partial charge in [-0.05, 0) is 50.2 Å². The molecule has 0 spiro atoms. The summed E-state index contributed by atoms with van der Waals surface area (Å²) in [6.07, 6.45) is -1.32. The molecule has 1 atom stereocenters. The Morgan fingerprint density at radius 2 is 2.00 bits per heavy atom. The molecule has 2 N–H and O–H groups in total. The summed E-state index contributed by atoms with van der Waals surface area (Å²) < 4.78 is 40.5. The molecule has 9 heteroatoms. The summed E-state index contributed by atoms with van der Waals surface area (Å²) in [5.74, 6) is -0.273. The van der Waals surface area contributed by atoms with Crippen LogP contribution in [-0.2, 0) is 6.18 Å². The second-order valence-corrected chi connectivity index (χ2v) is 6.97. The molecule has 0 fully saturated rings. The van der Waals surface area contributed by atoms with Crippen molar-refractivity contribution in [1.29, 1.82) is 0 Å². The highest BCUT2D eigenvalue weighted by Crippen LogP contribution is 2.31. The summed E-state index contributed by atoms with van der Waals surface area (Å²) in [4.78, 5) is 19.7. The second-order valence-electron chi connectivity index (χ2n) is 6.97. The van der Waals surface area contributed by atoms with Crippen molar-refractivity contribution in [2.24, 2.45) is 0 Å². The fourth-order valence-corrected chi connectivity index (χ4v) is 3.36. The second kappa shape index (κ2) is 7.33. The first kappa shape index (κ1) is 19.7. The van der Waals surface area contributed by atoms with E-state index in [1.165, 1.54) is 10.7 Å². The topological polar surface area (TPSA) is 75.6 Å². The fourth-order valence-electron chi connectivity index (χ4n) is 3.36. The summed E-state index contributed by atoms with van der Waals surface area (Å²) >= 11 is 0. The van der Waals surface area contributed by atoms with Crippen LogP contribution in [0.1, 0.15) is 40.1 Å². The smallest absolute Gasteiger partial charge is 0.345 e. The average Bonchev–Trinajstić information content (AvgIpc) is 3.33. The quantitative estimate of drug-likeness (QED) is 0.515. The van der Waals surface area contributed by atoms with Gasteiger partial charge in [-0.3, -0.25) is 4.79 Å². The first-order valence-corrected chi connectivity index (χ1v) is 9.20. The van der Waals surface area contributed by atoms with E-state index in [0.717, 1.165) is 23.2 Å². The largest absolute Gasteiger partial charge is 0.416 e. The van der Waals surface area contributed by atoms with Crippen LogP contribution in [0.3, 0.4) is 0 Å². The number of amides is 1. The molecule has 0 saturated carbocycles. The molecule has 0 unspecified atom stereocenters. The third-order valence-electron chi connectivity index (χ3n) is 4.96. The van der Waals surface area contributed by atoms with Gasteiger partial charge in [-0.1, -0.05) is 6.07 Å². The van der Waals surface area contributed by atoms with E-state index in [1.54, 1.807) is 50.6 Å². The lowest BCUT2D eigenvalue weighted by Crippen LogP contribution is -2.26. The average molecular weight is 413 g/mol. The maximum Gasteiger partial charge on any atom is 0.416 e. The summed E-state index contributed by atoms with van der Waals surface area (Å²) in [5.41, 5.74) is 2.90. The normalized spacial score (nSPS) is 12.8. The molecule has 0 aliphatic rings. The number of aromatic amines is 1. The van der Waals surface area contributed by atoms with Gasteiger partial charge in [0.1, 0.15) is 0 Å². The zero-order chi connectivity index (χ0) is 21.5. The van der Waals surface area contributed by atoms with Crippen molar-refractivity contribution in [2.75, 3.05) is 0 Å². The molecule has 1 amide bonds. The van der Waals surface area contributed by atoms with E-state index in [2.05, 4.69) is 20.4 Å². The summed E-state index contributed by atoms with van der Waals surface area (Å²) in [5, 5.41) is 7.13. The molecule has 0 saturated heterocycles. The molecule has 6 nitrogen and oxygen atoms in total. The Hall–Kier alpha value is -3.62. The van der Waals surface area contributed by atoms with Crippen molar-refractivity contribution in [3.63, 3.8) is 0 Å². The Labute approximate surface area is 169 Å². The van der Waals surface area contributed by atoms with Gasteiger partial charge in [0.2, 0.25) is 0 Å². The molecule has 4 rings (SSSR count). The number of hydrogen-bond acceptors (Lipinski definition) is 3. The first-order valence-electron chi connectivity index (χ1n) is 9.20. The Balaban J connectivity index is 1.56. The summed E-state index contributed by atoms with van der Waals surface area (Å²) in [7, 11) is 0. The Morgan fingerprint density at radius 3 is 2.77 bits per heavy atom. The SMILES string of the molecule is Cc1c([C@H](C)NC(=O)c2ccc3nc[nH]c3c2)cnn1-c1cccc(C(F)(F)F)c1. The van der Waals surface area contributed by atoms with E-state index < -0.39 is 17.8 Å². The number of halogens is 3. The number of H-pyrrole nitrogens is 1. The highest BCUT2D eigenvalue weighted by Gasteiger charge is 2.30. The van der Waals surface area contributed by atoms with Crippen molar-refractivity contribution in [3.05, 3.63) is 77.4 Å². The Bertz CT molecular complexity index is 1220. The zero-order valence-electron chi connectivity index (χ0n) is 16.2. The van der Waals surface area contributed by atoms with Gasteiger partial charge in [0.05, 0.1) is 40.9 Å². The molecular formula is C21H18F3N5O. The number of nitrogens with zero attached hydrogens (tertiary/aromatic N) is 3. The van der Waals surface area contributed by atoms with Crippen LogP contribution < -0.4 is 5.32 Å². The third kappa shape index (κ3) is 3.66. The lowest BCUT2D eigenvalue weighted by molar-refractivity contribution is -0.137. The maximum atomic E-state index is 13.0. The van der Waals surface area contributed by atoms with Crippen LogP contribution in [0, 0.1) is 6.92 Å². The number of carbonyl (C=O) groups excluding carboxylic acids is 1. The van der Waals surface area contributed by atoms with E-state index in [9.17, 15) is 18.0 Å². The van der Waals surface area contributed by atoms with E-state index >= 15 is 0 Å². The molecule has 0 aliphatic heterocycles. The number of alkyl halides is 3. The van der Waals surface area contributed by atoms with Crippen LogP contribution >= 0.6 is 0 Å². The highest BCUT2D eigenvalue weighted by molar-refractivity contribution is 5.97. The number of carbonyl (C=O) groups is 1. The van der Waals surface area contributed by atoms with E-state index in [-0.39, 0.29) is 5.91 Å². The van der Waals surface area contributed by atoms with Crippen molar-refractivity contribution < 1.29 is 18.0 Å². The van der Waals surface area contributed by atoms with Crippen LogP contribution in [0.2, 0.25) is 0 Å². The van der Waals surface area contributed by atoms with Gasteiger partial charge in [-0.25, -0.2) is 9.67 Å². The minimum absolute atomic E-state index is 0.273. The molecule has 0 radical (unpaired) electrons. The van der Waals surface area contributed by atoms with Crippen LogP contribution in [0.5, 0.6) is 0 Å². The number of imidazole rings is 1. The highest BCUT2D eigenvalue weighted by atomic mass is 19.4. The number of nitrogens with one attached hydrogen (secondary N) is 2. The molecule has 4 aromatic rings. The van der Waals surface area contributed by atoms with Gasteiger partial charge >= 0.3 is 6.18 Å². The molecular weight excluding hydrogens is 395 g/mol. The first-order chi connectivity index (χ1) is 14.2. The third-order valence-corrected chi connectivity index (χ3v) is 4.96. The number of aromatic nitrogens is 4. The van der Waals surface area contributed by atoms with Crippen LogP contribution in [-0.4, -0.2) is 25.7 Å². The lowest BCUT2D eigenvalue weighted by Gasteiger charge is -2.15. The minimum atomic E-state index is -4.43. The molecule has 2 aromatic heterocycles. The molecule has 154 valence electrons. The molecule has 2 heterocycles. The number of fused-ring (bicyclic) bond motifs is 1. The molecule has 2 aromatic carbocycles. The molecule has 0 bridgehead atoms. The van der Waals surface area contributed by atoms with E-state index in [1.807, 2.05) is 0 Å². The minimum Gasteiger partial charge on any atom is -0.345 e. The number of hydrogen-bond donors (Lipinski definition) is 2. The van der Waals surface area contributed by atoms with Crippen LogP contribution in [0.25, 0.3) is 16.7 Å². The zero-order valence-corrected chi connectivity index (χ0v) is 16.2. The van der Waals surface area contributed by atoms with Gasteiger partial charge in [0.25, 0.3) is 5.91 Å². The maximum absolute atomic E-state index is 13.0. The number of benzene rings is 2. The predicted octanol–water partition coefficient (Wildman–Crippen LogP) is 4.57. The van der Waals surface area contributed by atoms with Crippen LogP contribution in [0.15, 0.2) is 55.0 Å². The van der Waals surface area contributed by atoms with Gasteiger partial charge in [0, 0.05) is 16.8 Å². The van der Waals surface area contributed by atoms with Gasteiger partial charge in [-0.15, -0.1) is 0 Å². The number of rotatable bonds is 4.